The van der Waals surface area contributed by atoms with Gasteiger partial charge in [-0.2, -0.15) is 5.26 Å². The van der Waals surface area contributed by atoms with Gasteiger partial charge in [0.05, 0.1) is 6.07 Å². The normalized spacial score (nSPS) is 22.8. The van der Waals surface area contributed by atoms with Crippen LogP contribution in [0.15, 0.2) is 12.2 Å². The number of piperidine rings is 2. The summed E-state index contributed by atoms with van der Waals surface area (Å²) in [6.45, 7) is 15.4. The number of nitrogens with zero attached hydrogens (tertiary/aromatic N) is 3. The maximum absolute atomic E-state index is 12.3. The quantitative estimate of drug-likeness (QED) is 0.290. The molecule has 2 heterocycles. The van der Waals surface area contributed by atoms with Gasteiger partial charge < -0.3 is 25.0 Å². The van der Waals surface area contributed by atoms with Gasteiger partial charge >= 0.3 is 12.2 Å². The molecule has 262 valence electrons. The minimum Gasteiger partial charge on any atom is -0.444 e. The predicted octanol–water partition coefficient (Wildman–Crippen LogP) is 8.99. The molecule has 0 spiro atoms. The maximum atomic E-state index is 12.3. The molecule has 0 unspecified atom stereocenters. The standard InChI is InChI=1S/C19H36N2O2.C19H30N2O2/c2*1-18(2,3)23-17(22)21-14-11-19(12-15-21,10-7-13-20)16-8-5-4-6-9-16/h16H,4-15,20H2,1-3H3;7,10,16H,4-6,8-9,11-12,14-15H2,1-3H3/b;10-7+. The van der Waals surface area contributed by atoms with E-state index in [2.05, 4.69) is 12.1 Å². The number of carbonyl (C=O) groups is 2. The van der Waals surface area contributed by atoms with Crippen LogP contribution in [0, 0.1) is 34.0 Å². The lowest BCUT2D eigenvalue weighted by atomic mass is 9.62. The van der Waals surface area contributed by atoms with Gasteiger partial charge in [0.2, 0.25) is 0 Å². The van der Waals surface area contributed by atoms with Crippen molar-refractivity contribution in [2.75, 3.05) is 32.7 Å². The molecular weight excluding hydrogens is 576 g/mol. The first-order chi connectivity index (χ1) is 21.7. The van der Waals surface area contributed by atoms with Gasteiger partial charge in [0, 0.05) is 32.3 Å². The van der Waals surface area contributed by atoms with Gasteiger partial charge in [-0.25, -0.2) is 9.59 Å². The summed E-state index contributed by atoms with van der Waals surface area (Å²) < 4.78 is 11.0. The Labute approximate surface area is 280 Å². The summed E-state index contributed by atoms with van der Waals surface area (Å²) in [6, 6.07) is 2.16. The van der Waals surface area contributed by atoms with Crippen LogP contribution in [-0.4, -0.2) is 65.9 Å². The molecule has 0 atom stereocenters. The molecule has 4 rings (SSSR count). The van der Waals surface area contributed by atoms with Gasteiger partial charge in [-0.15, -0.1) is 0 Å². The van der Waals surface area contributed by atoms with E-state index in [1.807, 2.05) is 51.3 Å². The van der Waals surface area contributed by atoms with E-state index in [9.17, 15) is 9.59 Å². The van der Waals surface area contributed by atoms with Gasteiger partial charge in [-0.05, 0) is 135 Å². The second kappa shape index (κ2) is 17.2. The van der Waals surface area contributed by atoms with Gasteiger partial charge in [0.1, 0.15) is 11.2 Å². The number of amides is 2. The van der Waals surface area contributed by atoms with Crippen molar-refractivity contribution in [1.29, 1.82) is 5.26 Å². The highest BCUT2D eigenvalue weighted by atomic mass is 16.6. The highest BCUT2D eigenvalue weighted by Gasteiger charge is 2.43. The molecule has 0 bridgehead atoms. The number of ether oxygens (including phenoxy) is 2. The van der Waals surface area contributed by atoms with Gasteiger partial charge in [0.15, 0.2) is 0 Å². The van der Waals surface area contributed by atoms with Crippen LogP contribution in [0.1, 0.15) is 144 Å². The number of rotatable bonds is 6. The number of nitrogens with two attached hydrogens (primary N) is 1. The van der Waals surface area contributed by atoms with Crippen molar-refractivity contribution in [1.82, 2.24) is 9.80 Å². The summed E-state index contributed by atoms with van der Waals surface area (Å²) in [5.74, 6) is 1.49. The Morgan fingerprint density at radius 2 is 1.20 bits per heavy atom. The molecule has 2 aliphatic heterocycles. The second-order valence-electron chi connectivity index (χ2n) is 16.6. The Kier molecular flexibility index (Phi) is 14.3. The molecule has 2 saturated carbocycles. The molecule has 2 amide bonds. The molecule has 0 aromatic heterocycles. The second-order valence-corrected chi connectivity index (χ2v) is 16.6. The van der Waals surface area contributed by atoms with E-state index in [1.54, 1.807) is 6.08 Å². The average molecular weight is 643 g/mol. The van der Waals surface area contributed by atoms with E-state index in [1.165, 1.54) is 70.6 Å². The number of allylic oxidation sites excluding steroid dienone is 2. The zero-order valence-electron chi connectivity index (χ0n) is 30.2. The van der Waals surface area contributed by atoms with E-state index in [0.29, 0.717) is 11.3 Å². The van der Waals surface area contributed by atoms with Crippen molar-refractivity contribution >= 4 is 12.2 Å². The summed E-state index contributed by atoms with van der Waals surface area (Å²) in [5.41, 5.74) is 5.44. The summed E-state index contributed by atoms with van der Waals surface area (Å²) in [4.78, 5) is 28.3. The largest absolute Gasteiger partial charge is 0.444 e. The van der Waals surface area contributed by atoms with Crippen LogP contribution < -0.4 is 5.73 Å². The number of carbonyl (C=O) groups excluding carboxylic acids is 2. The molecular formula is C38H66N4O4. The van der Waals surface area contributed by atoms with Crippen LogP contribution in [0.4, 0.5) is 9.59 Å². The van der Waals surface area contributed by atoms with Crippen molar-refractivity contribution < 1.29 is 19.1 Å². The Hall–Kier alpha value is -2.27. The van der Waals surface area contributed by atoms with Crippen LogP contribution in [0.3, 0.4) is 0 Å². The molecule has 0 aromatic carbocycles. The zero-order valence-corrected chi connectivity index (χ0v) is 30.2. The minimum absolute atomic E-state index is 0.0919. The van der Waals surface area contributed by atoms with Crippen LogP contribution in [0.2, 0.25) is 0 Å². The molecule has 0 aromatic rings. The van der Waals surface area contributed by atoms with Crippen LogP contribution in [0.5, 0.6) is 0 Å². The first-order valence-corrected chi connectivity index (χ1v) is 18.5. The number of nitriles is 1. The molecule has 46 heavy (non-hydrogen) atoms. The lowest BCUT2D eigenvalue weighted by molar-refractivity contribution is -0.00948. The molecule has 2 aliphatic carbocycles. The molecule has 2 saturated heterocycles. The number of hydrogen-bond acceptors (Lipinski definition) is 6. The molecule has 8 heteroatoms. The van der Waals surface area contributed by atoms with E-state index in [4.69, 9.17) is 20.5 Å². The van der Waals surface area contributed by atoms with Crippen molar-refractivity contribution in [3.8, 4) is 6.07 Å². The van der Waals surface area contributed by atoms with Crippen molar-refractivity contribution in [3.05, 3.63) is 12.2 Å². The zero-order chi connectivity index (χ0) is 33.8. The molecule has 2 N–H and O–H groups in total. The molecule has 4 aliphatic rings. The average Bonchev–Trinajstić information content (AvgIpc) is 3.03. The molecule has 4 fully saturated rings. The Morgan fingerprint density at radius 3 is 1.61 bits per heavy atom. The molecule has 0 radical (unpaired) electrons. The van der Waals surface area contributed by atoms with E-state index in [-0.39, 0.29) is 17.6 Å². The monoisotopic (exact) mass is 643 g/mol. The van der Waals surface area contributed by atoms with Crippen molar-refractivity contribution in [3.63, 3.8) is 0 Å². The Morgan fingerprint density at radius 1 is 0.761 bits per heavy atom. The Balaban J connectivity index is 0.000000250. The fourth-order valence-electron chi connectivity index (χ4n) is 8.52. The van der Waals surface area contributed by atoms with E-state index < -0.39 is 11.2 Å². The highest BCUT2D eigenvalue weighted by Crippen LogP contribution is 2.49. The topological polar surface area (TPSA) is 109 Å². The highest BCUT2D eigenvalue weighted by molar-refractivity contribution is 5.68. The van der Waals surface area contributed by atoms with Crippen LogP contribution >= 0.6 is 0 Å². The lowest BCUT2D eigenvalue weighted by Gasteiger charge is -2.48. The number of hydrogen-bond donors (Lipinski definition) is 1. The SMILES string of the molecule is CC(C)(C)OC(=O)N1CCC(/C=C/C#N)(C2CCCCC2)CC1.CC(C)(C)OC(=O)N1CCC(CCCN)(C2CCCCC2)CC1. The fourth-order valence-corrected chi connectivity index (χ4v) is 8.52. The maximum Gasteiger partial charge on any atom is 0.410 e. The molecule has 8 nitrogen and oxygen atoms in total. The minimum atomic E-state index is -0.449. The Bertz CT molecular complexity index is 1010. The van der Waals surface area contributed by atoms with Crippen molar-refractivity contribution in [2.24, 2.45) is 28.4 Å². The van der Waals surface area contributed by atoms with E-state index >= 15 is 0 Å². The third-order valence-electron chi connectivity index (χ3n) is 11.0. The fraction of sp³-hybridized carbons (Fsp3) is 0.868. The first-order valence-electron chi connectivity index (χ1n) is 18.5. The van der Waals surface area contributed by atoms with Gasteiger partial charge in [-0.1, -0.05) is 44.6 Å². The smallest absolute Gasteiger partial charge is 0.410 e. The first kappa shape index (κ1) is 38.2. The third-order valence-corrected chi connectivity index (χ3v) is 11.0. The van der Waals surface area contributed by atoms with Gasteiger partial charge in [0.25, 0.3) is 0 Å². The van der Waals surface area contributed by atoms with Crippen LogP contribution in [0.25, 0.3) is 0 Å². The predicted molar refractivity (Wildman–Crippen MR) is 185 cm³/mol. The third kappa shape index (κ3) is 11.5. The lowest BCUT2D eigenvalue weighted by Crippen LogP contribution is -2.48. The summed E-state index contributed by atoms with van der Waals surface area (Å²) in [6.07, 6.45) is 23.2. The van der Waals surface area contributed by atoms with Gasteiger partial charge in [-0.3, -0.25) is 0 Å². The number of likely N-dealkylation sites (tertiary alicyclic amines) is 2. The summed E-state index contributed by atoms with van der Waals surface area (Å²) in [7, 11) is 0. The summed E-state index contributed by atoms with van der Waals surface area (Å²) >= 11 is 0. The van der Waals surface area contributed by atoms with Crippen LogP contribution in [-0.2, 0) is 9.47 Å². The van der Waals surface area contributed by atoms with E-state index in [0.717, 1.165) is 70.7 Å². The van der Waals surface area contributed by atoms with Crippen molar-refractivity contribution in [2.45, 2.75) is 155 Å². The summed E-state index contributed by atoms with van der Waals surface area (Å²) in [5, 5.41) is 8.96.